The maximum Gasteiger partial charge on any atom is 0.266 e. The van der Waals surface area contributed by atoms with Crippen molar-refractivity contribution in [1.82, 2.24) is 19.6 Å². The molecule has 0 amide bonds. The molecule has 0 atom stereocenters. The molecule has 2 aromatic heterocycles. The highest BCUT2D eigenvalue weighted by atomic mass is 35.5. The Balaban J connectivity index is 1.79. The summed E-state index contributed by atoms with van der Waals surface area (Å²) >= 11 is 5.87. The van der Waals surface area contributed by atoms with Gasteiger partial charge in [-0.25, -0.2) is 8.42 Å². The fraction of sp³-hybridized carbons (Fsp3) is 0.250. The highest BCUT2D eigenvalue weighted by Gasteiger charge is 2.24. The van der Waals surface area contributed by atoms with Gasteiger partial charge in [-0.15, -0.1) is 0 Å². The molecular formula is C16H18ClN5O2S. The van der Waals surface area contributed by atoms with Gasteiger partial charge in [0.1, 0.15) is 4.90 Å². The quantitative estimate of drug-likeness (QED) is 0.739. The Hall–Kier alpha value is -2.32. The van der Waals surface area contributed by atoms with Crippen LogP contribution in [0.4, 0.5) is 5.82 Å². The summed E-state index contributed by atoms with van der Waals surface area (Å²) in [7, 11) is -2.04. The third-order valence-electron chi connectivity index (χ3n) is 3.85. The molecular weight excluding hydrogens is 362 g/mol. The molecule has 3 aromatic rings. The van der Waals surface area contributed by atoms with Gasteiger partial charge in [-0.3, -0.25) is 14.1 Å². The zero-order chi connectivity index (χ0) is 18.2. The van der Waals surface area contributed by atoms with Crippen LogP contribution in [0.2, 0.25) is 5.02 Å². The van der Waals surface area contributed by atoms with Gasteiger partial charge in [-0.2, -0.15) is 10.2 Å². The summed E-state index contributed by atoms with van der Waals surface area (Å²) < 4.78 is 31.0. The van der Waals surface area contributed by atoms with Crippen molar-refractivity contribution in [3.63, 3.8) is 0 Å². The number of sulfonamides is 1. The second kappa shape index (κ2) is 6.53. The fourth-order valence-electron chi connectivity index (χ4n) is 2.61. The largest absolute Gasteiger partial charge is 0.271 e. The van der Waals surface area contributed by atoms with Crippen LogP contribution in [0.15, 0.2) is 41.4 Å². The summed E-state index contributed by atoms with van der Waals surface area (Å²) in [5.74, 6) is 0.261. The number of aromatic nitrogens is 4. The Labute approximate surface area is 151 Å². The Morgan fingerprint density at radius 3 is 2.40 bits per heavy atom. The summed E-state index contributed by atoms with van der Waals surface area (Å²) in [6.07, 6.45) is 1.72. The molecule has 0 aliphatic heterocycles. The van der Waals surface area contributed by atoms with Crippen molar-refractivity contribution in [2.24, 2.45) is 7.05 Å². The van der Waals surface area contributed by atoms with Crippen molar-refractivity contribution >= 4 is 27.4 Å². The molecule has 7 nitrogen and oxygen atoms in total. The van der Waals surface area contributed by atoms with Crippen molar-refractivity contribution < 1.29 is 8.42 Å². The molecule has 0 aliphatic rings. The topological polar surface area (TPSA) is 81.8 Å². The van der Waals surface area contributed by atoms with Crippen molar-refractivity contribution in [2.45, 2.75) is 25.3 Å². The monoisotopic (exact) mass is 379 g/mol. The summed E-state index contributed by atoms with van der Waals surface area (Å²) in [5.41, 5.74) is 2.04. The molecule has 0 aliphatic carbocycles. The number of rotatable bonds is 5. The molecule has 0 fully saturated rings. The van der Waals surface area contributed by atoms with Crippen LogP contribution in [0, 0.1) is 13.8 Å². The number of benzene rings is 1. The summed E-state index contributed by atoms with van der Waals surface area (Å²) in [4.78, 5) is 0.183. The molecule has 25 heavy (non-hydrogen) atoms. The Morgan fingerprint density at radius 1 is 1.12 bits per heavy atom. The lowest BCUT2D eigenvalue weighted by atomic mass is 10.2. The summed E-state index contributed by atoms with van der Waals surface area (Å²) in [6, 6.07) is 9.02. The first-order chi connectivity index (χ1) is 11.8. The number of halogens is 1. The first kappa shape index (κ1) is 17.5. The summed E-state index contributed by atoms with van der Waals surface area (Å²) in [6.45, 7) is 3.90. The minimum Gasteiger partial charge on any atom is -0.271 e. The maximum absolute atomic E-state index is 12.6. The lowest BCUT2D eigenvalue weighted by Crippen LogP contribution is -2.15. The number of nitrogens with zero attached hydrogens (tertiary/aromatic N) is 4. The number of nitrogens with one attached hydrogen (secondary N) is 1. The molecule has 2 heterocycles. The fourth-order valence-corrected chi connectivity index (χ4v) is 4.18. The molecule has 0 saturated heterocycles. The lowest BCUT2D eigenvalue weighted by Gasteiger charge is -2.06. The molecule has 132 valence electrons. The van der Waals surface area contributed by atoms with E-state index in [1.807, 2.05) is 12.1 Å². The van der Waals surface area contributed by atoms with Crippen molar-refractivity contribution in [1.29, 1.82) is 0 Å². The number of aryl methyl sites for hydroxylation is 2. The van der Waals surface area contributed by atoms with Crippen molar-refractivity contribution in [3.05, 3.63) is 58.5 Å². The van der Waals surface area contributed by atoms with Crippen LogP contribution in [0.3, 0.4) is 0 Å². The predicted octanol–water partition coefficient (Wildman–Crippen LogP) is 2.74. The number of hydrogen-bond donors (Lipinski definition) is 1. The predicted molar refractivity (Wildman–Crippen MR) is 96.3 cm³/mol. The third kappa shape index (κ3) is 3.69. The van der Waals surface area contributed by atoms with Gasteiger partial charge in [0.05, 0.1) is 17.9 Å². The van der Waals surface area contributed by atoms with Gasteiger partial charge in [0.2, 0.25) is 0 Å². The van der Waals surface area contributed by atoms with Crippen LogP contribution in [-0.2, 0) is 23.6 Å². The van der Waals surface area contributed by atoms with E-state index in [1.54, 1.807) is 54.7 Å². The molecule has 9 heteroatoms. The molecule has 0 spiro atoms. The van der Waals surface area contributed by atoms with E-state index >= 15 is 0 Å². The molecule has 1 N–H and O–H groups in total. The molecule has 0 unspecified atom stereocenters. The number of hydrogen-bond acceptors (Lipinski definition) is 4. The van der Waals surface area contributed by atoms with E-state index in [0.717, 1.165) is 5.56 Å². The van der Waals surface area contributed by atoms with Gasteiger partial charge >= 0.3 is 0 Å². The zero-order valence-electron chi connectivity index (χ0n) is 14.1. The zero-order valence-corrected chi connectivity index (χ0v) is 15.6. The Kier molecular flexibility index (Phi) is 4.57. The molecule has 3 rings (SSSR count). The van der Waals surface area contributed by atoms with E-state index in [-0.39, 0.29) is 10.7 Å². The molecule has 0 radical (unpaired) electrons. The van der Waals surface area contributed by atoms with E-state index in [9.17, 15) is 8.42 Å². The van der Waals surface area contributed by atoms with Gasteiger partial charge in [0.25, 0.3) is 10.0 Å². The standard InChI is InChI=1S/C16H18ClN5O2S/c1-11-16(12(2)21(3)18-11)25(23,24)20-15-8-9-22(19-15)10-13-4-6-14(17)7-5-13/h4-9H,10H2,1-3H3,(H,19,20). The van der Waals surface area contributed by atoms with Crippen LogP contribution in [0.5, 0.6) is 0 Å². The highest BCUT2D eigenvalue weighted by Crippen LogP contribution is 2.21. The van der Waals surface area contributed by atoms with E-state index in [1.165, 1.54) is 0 Å². The normalized spacial score (nSPS) is 11.7. The van der Waals surface area contributed by atoms with Crippen LogP contribution >= 0.6 is 11.6 Å². The van der Waals surface area contributed by atoms with Gasteiger partial charge in [-0.1, -0.05) is 23.7 Å². The van der Waals surface area contributed by atoms with Gasteiger partial charge in [-0.05, 0) is 31.5 Å². The Morgan fingerprint density at radius 2 is 1.80 bits per heavy atom. The molecule has 0 bridgehead atoms. The third-order valence-corrected chi connectivity index (χ3v) is 5.71. The first-order valence-electron chi connectivity index (χ1n) is 7.57. The van der Waals surface area contributed by atoms with Crippen molar-refractivity contribution in [3.8, 4) is 0 Å². The van der Waals surface area contributed by atoms with Gasteiger partial charge in [0, 0.05) is 24.3 Å². The maximum atomic E-state index is 12.6. The van der Waals surface area contributed by atoms with Crippen LogP contribution in [-0.4, -0.2) is 28.0 Å². The lowest BCUT2D eigenvalue weighted by molar-refractivity contribution is 0.599. The van der Waals surface area contributed by atoms with Crippen LogP contribution < -0.4 is 4.72 Å². The highest BCUT2D eigenvalue weighted by molar-refractivity contribution is 7.92. The number of anilines is 1. The average Bonchev–Trinajstić information content (AvgIpc) is 3.05. The second-order valence-electron chi connectivity index (χ2n) is 5.75. The average molecular weight is 380 g/mol. The van der Waals surface area contributed by atoms with Gasteiger partial charge < -0.3 is 0 Å². The van der Waals surface area contributed by atoms with E-state index in [2.05, 4.69) is 14.9 Å². The first-order valence-corrected chi connectivity index (χ1v) is 9.43. The van der Waals surface area contributed by atoms with Crippen LogP contribution in [0.1, 0.15) is 17.0 Å². The SMILES string of the molecule is Cc1nn(C)c(C)c1S(=O)(=O)Nc1ccn(Cc2ccc(Cl)cc2)n1. The van der Waals surface area contributed by atoms with Gasteiger partial charge in [0.15, 0.2) is 5.82 Å². The van der Waals surface area contributed by atoms with Crippen LogP contribution in [0.25, 0.3) is 0 Å². The van der Waals surface area contributed by atoms with E-state index in [4.69, 9.17) is 11.6 Å². The minimum absolute atomic E-state index is 0.183. The molecule has 0 saturated carbocycles. The second-order valence-corrected chi connectivity index (χ2v) is 7.81. The Bertz CT molecular complexity index is 1010. The molecule has 1 aromatic carbocycles. The van der Waals surface area contributed by atoms with Crippen molar-refractivity contribution in [2.75, 3.05) is 4.72 Å². The smallest absolute Gasteiger partial charge is 0.266 e. The van der Waals surface area contributed by atoms with E-state index in [0.29, 0.717) is 23.0 Å². The van der Waals surface area contributed by atoms with E-state index < -0.39 is 10.0 Å². The summed E-state index contributed by atoms with van der Waals surface area (Å²) in [5, 5.41) is 9.09. The minimum atomic E-state index is -3.75.